The summed E-state index contributed by atoms with van der Waals surface area (Å²) in [7, 11) is 0. The van der Waals surface area contributed by atoms with Gasteiger partial charge in [-0.3, -0.25) is 0 Å². The number of benzene rings is 1. The van der Waals surface area contributed by atoms with E-state index in [0.29, 0.717) is 5.41 Å². The molecule has 17 heavy (non-hydrogen) atoms. The summed E-state index contributed by atoms with van der Waals surface area (Å²) in [5.74, 6) is 0.868. The monoisotopic (exact) mass is 229 g/mol. The van der Waals surface area contributed by atoms with Gasteiger partial charge in [-0.05, 0) is 56.2 Å². The van der Waals surface area contributed by atoms with Crippen LogP contribution in [0, 0.1) is 12.8 Å². The summed E-state index contributed by atoms with van der Waals surface area (Å²) in [5.41, 5.74) is 3.48. The Bertz CT molecular complexity index is 367. The summed E-state index contributed by atoms with van der Waals surface area (Å²) in [6, 6.07) is 9.35. The lowest BCUT2D eigenvalue weighted by Crippen LogP contribution is -2.33. The van der Waals surface area contributed by atoms with Crippen LogP contribution < -0.4 is 5.32 Å². The second-order valence-corrected chi connectivity index (χ2v) is 5.92. The van der Waals surface area contributed by atoms with Crippen molar-refractivity contribution < 1.29 is 0 Å². The topological polar surface area (TPSA) is 12.0 Å². The molecule has 1 saturated heterocycles. The van der Waals surface area contributed by atoms with E-state index in [4.69, 9.17) is 0 Å². The Labute approximate surface area is 105 Å². The zero-order valence-electron chi connectivity index (χ0n) is 10.8. The molecule has 1 aromatic carbocycles. The summed E-state index contributed by atoms with van der Waals surface area (Å²) in [6.07, 6.45) is 7.02. The van der Waals surface area contributed by atoms with Gasteiger partial charge >= 0.3 is 0 Å². The Kier molecular flexibility index (Phi) is 2.96. The van der Waals surface area contributed by atoms with Gasteiger partial charge in [-0.1, -0.05) is 42.7 Å². The zero-order valence-corrected chi connectivity index (χ0v) is 10.8. The Morgan fingerprint density at radius 1 is 1.12 bits per heavy atom. The van der Waals surface area contributed by atoms with E-state index in [-0.39, 0.29) is 0 Å². The zero-order chi connectivity index (χ0) is 11.7. The van der Waals surface area contributed by atoms with Gasteiger partial charge in [-0.15, -0.1) is 0 Å². The van der Waals surface area contributed by atoms with Crippen LogP contribution in [0.25, 0.3) is 0 Å². The fraction of sp³-hybridized carbons (Fsp3) is 0.625. The van der Waals surface area contributed by atoms with Gasteiger partial charge in [-0.2, -0.15) is 0 Å². The van der Waals surface area contributed by atoms with Crippen molar-refractivity contribution in [2.45, 2.75) is 44.4 Å². The number of hydrogen-bond donors (Lipinski definition) is 1. The molecule has 0 bridgehead atoms. The van der Waals surface area contributed by atoms with Gasteiger partial charge in [0.2, 0.25) is 0 Å². The molecule has 1 atom stereocenters. The smallest absolute Gasteiger partial charge is 0.000619 e. The number of rotatable bonds is 2. The van der Waals surface area contributed by atoms with Gasteiger partial charge < -0.3 is 5.32 Å². The van der Waals surface area contributed by atoms with E-state index in [1.165, 1.54) is 50.8 Å². The molecular formula is C16H23N. The van der Waals surface area contributed by atoms with Gasteiger partial charge in [0.15, 0.2) is 0 Å². The third-order valence-electron chi connectivity index (χ3n) is 4.96. The van der Waals surface area contributed by atoms with Crippen LogP contribution in [0.5, 0.6) is 0 Å². The van der Waals surface area contributed by atoms with Crippen LogP contribution in [-0.4, -0.2) is 13.1 Å². The van der Waals surface area contributed by atoms with Gasteiger partial charge in [-0.25, -0.2) is 0 Å². The van der Waals surface area contributed by atoms with Crippen molar-refractivity contribution in [1.29, 1.82) is 0 Å². The van der Waals surface area contributed by atoms with Crippen molar-refractivity contribution >= 4 is 0 Å². The minimum absolute atomic E-state index is 0.497. The molecule has 0 amide bonds. The first-order chi connectivity index (χ1) is 8.31. The second-order valence-electron chi connectivity index (χ2n) is 5.92. The number of hydrogen-bond acceptors (Lipinski definition) is 1. The summed E-state index contributed by atoms with van der Waals surface area (Å²) in [4.78, 5) is 0. The molecule has 0 spiro atoms. The highest BCUT2D eigenvalue weighted by molar-refractivity contribution is 5.31. The van der Waals surface area contributed by atoms with Crippen molar-refractivity contribution in [3.8, 4) is 0 Å². The Morgan fingerprint density at radius 2 is 1.82 bits per heavy atom. The maximum atomic E-state index is 3.56. The number of aryl methyl sites for hydroxylation is 1. The third-order valence-corrected chi connectivity index (χ3v) is 4.96. The highest BCUT2D eigenvalue weighted by atomic mass is 14.9. The average molecular weight is 229 g/mol. The third kappa shape index (κ3) is 1.91. The lowest BCUT2D eigenvalue weighted by atomic mass is 9.68. The molecule has 1 heteroatoms. The maximum absolute atomic E-state index is 3.56. The largest absolute Gasteiger partial charge is 0.316 e. The molecule has 2 aliphatic rings. The molecule has 1 nitrogen and oxygen atoms in total. The van der Waals surface area contributed by atoms with E-state index in [2.05, 4.69) is 36.5 Å². The van der Waals surface area contributed by atoms with Crippen LogP contribution in [-0.2, 0) is 5.41 Å². The molecule has 1 aromatic rings. The molecule has 0 aromatic heterocycles. The molecule has 1 N–H and O–H groups in total. The van der Waals surface area contributed by atoms with Crippen molar-refractivity contribution in [1.82, 2.24) is 5.32 Å². The van der Waals surface area contributed by atoms with Crippen LogP contribution in [0.2, 0.25) is 0 Å². The van der Waals surface area contributed by atoms with Crippen molar-refractivity contribution in [3.63, 3.8) is 0 Å². The second kappa shape index (κ2) is 4.45. The molecule has 0 radical (unpaired) electrons. The summed E-state index contributed by atoms with van der Waals surface area (Å²) >= 11 is 0. The summed E-state index contributed by atoms with van der Waals surface area (Å²) < 4.78 is 0. The maximum Gasteiger partial charge on any atom is -0.000619 e. The molecule has 92 valence electrons. The minimum Gasteiger partial charge on any atom is -0.316 e. The van der Waals surface area contributed by atoms with Crippen molar-refractivity contribution in [2.24, 2.45) is 5.92 Å². The first-order valence-corrected chi connectivity index (χ1v) is 7.09. The van der Waals surface area contributed by atoms with Gasteiger partial charge in [0.25, 0.3) is 0 Å². The van der Waals surface area contributed by atoms with Gasteiger partial charge in [0.05, 0.1) is 0 Å². The average Bonchev–Trinajstić information content (AvgIpc) is 3.01. The molecule has 1 unspecified atom stereocenters. The van der Waals surface area contributed by atoms with Crippen molar-refractivity contribution in [3.05, 3.63) is 35.4 Å². The summed E-state index contributed by atoms with van der Waals surface area (Å²) in [6.45, 7) is 4.63. The Balaban J connectivity index is 1.95. The van der Waals surface area contributed by atoms with E-state index >= 15 is 0 Å². The highest BCUT2D eigenvalue weighted by Crippen LogP contribution is 2.48. The highest BCUT2D eigenvalue weighted by Gasteiger charge is 2.43. The van der Waals surface area contributed by atoms with E-state index < -0.39 is 0 Å². The fourth-order valence-corrected chi connectivity index (χ4v) is 3.95. The van der Waals surface area contributed by atoms with Crippen LogP contribution in [0.4, 0.5) is 0 Å². The predicted molar refractivity (Wildman–Crippen MR) is 72.3 cm³/mol. The van der Waals surface area contributed by atoms with Crippen LogP contribution >= 0.6 is 0 Å². The molecule has 1 aliphatic heterocycles. The van der Waals surface area contributed by atoms with E-state index in [0.717, 1.165) is 5.92 Å². The SMILES string of the molecule is Cc1ccc(C2(C3CCNC3)CCCC2)cc1. The summed E-state index contributed by atoms with van der Waals surface area (Å²) in [5, 5.41) is 3.56. The van der Waals surface area contributed by atoms with Crippen molar-refractivity contribution in [2.75, 3.05) is 13.1 Å². The van der Waals surface area contributed by atoms with E-state index in [1.54, 1.807) is 5.56 Å². The number of nitrogens with one attached hydrogen (secondary N) is 1. The predicted octanol–water partition coefficient (Wildman–Crippen LogP) is 3.42. The molecule has 1 aliphatic carbocycles. The molecule has 2 fully saturated rings. The molecule has 3 rings (SSSR count). The molecular weight excluding hydrogens is 206 g/mol. The van der Waals surface area contributed by atoms with Crippen LogP contribution in [0.1, 0.15) is 43.2 Å². The van der Waals surface area contributed by atoms with E-state index in [9.17, 15) is 0 Å². The molecule has 1 saturated carbocycles. The van der Waals surface area contributed by atoms with E-state index in [1.807, 2.05) is 0 Å². The molecule has 1 heterocycles. The van der Waals surface area contributed by atoms with Gasteiger partial charge in [0.1, 0.15) is 0 Å². The van der Waals surface area contributed by atoms with Gasteiger partial charge in [0, 0.05) is 0 Å². The van der Waals surface area contributed by atoms with Crippen LogP contribution in [0.15, 0.2) is 24.3 Å². The lowest BCUT2D eigenvalue weighted by Gasteiger charge is -2.36. The minimum atomic E-state index is 0.497. The quantitative estimate of drug-likeness (QED) is 0.819. The fourth-order valence-electron chi connectivity index (χ4n) is 3.95. The Hall–Kier alpha value is -0.820. The van der Waals surface area contributed by atoms with Crippen LogP contribution in [0.3, 0.4) is 0 Å². The first-order valence-electron chi connectivity index (χ1n) is 7.09. The standard InChI is InChI=1S/C16H23N/c1-13-4-6-14(7-5-13)16(9-2-3-10-16)15-8-11-17-12-15/h4-7,15,17H,2-3,8-12H2,1H3. The normalized spacial score (nSPS) is 27.5. The first kappa shape index (κ1) is 11.3. The lowest BCUT2D eigenvalue weighted by molar-refractivity contribution is 0.291. The Morgan fingerprint density at radius 3 is 2.41 bits per heavy atom.